The number of anilines is 3. The lowest BCUT2D eigenvalue weighted by Crippen LogP contribution is -2.06. The van der Waals surface area contributed by atoms with E-state index >= 15 is 0 Å². The average Bonchev–Trinajstić information content (AvgIpc) is 2.48. The summed E-state index contributed by atoms with van der Waals surface area (Å²) in [7, 11) is 0. The predicted molar refractivity (Wildman–Crippen MR) is 79.2 cm³/mol. The standard InChI is InChI=1S/C14H17N5O2/c1-2-3-8-21-12(20)10-4-6-11(7-5-10)18-14-17-9-16-13(15)19-14/h4-7,9H,2-3,8H2,1H3,(H3,15,16,17,18,19). The molecule has 0 aliphatic rings. The molecule has 1 aromatic carbocycles. The molecule has 0 bridgehead atoms. The maximum Gasteiger partial charge on any atom is 0.338 e. The lowest BCUT2D eigenvalue weighted by atomic mass is 10.2. The molecule has 0 aliphatic heterocycles. The number of ether oxygens (including phenoxy) is 1. The first-order valence-corrected chi connectivity index (χ1v) is 6.67. The molecular weight excluding hydrogens is 270 g/mol. The van der Waals surface area contributed by atoms with Gasteiger partial charge in [-0.25, -0.2) is 14.8 Å². The molecule has 3 N–H and O–H groups in total. The van der Waals surface area contributed by atoms with Crippen molar-refractivity contribution >= 4 is 23.6 Å². The van der Waals surface area contributed by atoms with Crippen LogP contribution < -0.4 is 11.1 Å². The van der Waals surface area contributed by atoms with Gasteiger partial charge in [0.05, 0.1) is 12.2 Å². The van der Waals surface area contributed by atoms with Gasteiger partial charge < -0.3 is 15.8 Å². The number of aromatic nitrogens is 3. The van der Waals surface area contributed by atoms with Gasteiger partial charge >= 0.3 is 5.97 Å². The quantitative estimate of drug-likeness (QED) is 0.619. The Bertz CT molecular complexity index is 601. The predicted octanol–water partition coefficient (Wildman–Crippen LogP) is 2.15. The highest BCUT2D eigenvalue weighted by atomic mass is 16.5. The molecule has 21 heavy (non-hydrogen) atoms. The van der Waals surface area contributed by atoms with Crippen molar-refractivity contribution < 1.29 is 9.53 Å². The minimum atomic E-state index is -0.320. The van der Waals surface area contributed by atoms with Gasteiger partial charge in [0, 0.05) is 5.69 Å². The van der Waals surface area contributed by atoms with Crippen LogP contribution in [0.4, 0.5) is 17.6 Å². The molecule has 0 aliphatic carbocycles. The fourth-order valence-corrected chi connectivity index (χ4v) is 1.58. The Balaban J connectivity index is 1.97. The fourth-order valence-electron chi connectivity index (χ4n) is 1.58. The van der Waals surface area contributed by atoms with Gasteiger partial charge in [-0.05, 0) is 30.7 Å². The zero-order valence-electron chi connectivity index (χ0n) is 11.7. The third-order valence-corrected chi connectivity index (χ3v) is 2.70. The van der Waals surface area contributed by atoms with Crippen LogP contribution in [0, 0.1) is 0 Å². The minimum absolute atomic E-state index is 0.142. The molecule has 7 heteroatoms. The van der Waals surface area contributed by atoms with Crippen molar-refractivity contribution in [1.29, 1.82) is 0 Å². The Morgan fingerprint density at radius 2 is 2.05 bits per heavy atom. The van der Waals surface area contributed by atoms with Crippen molar-refractivity contribution in [2.45, 2.75) is 19.8 Å². The number of nitrogens with two attached hydrogens (primary N) is 1. The van der Waals surface area contributed by atoms with Crippen molar-refractivity contribution in [2.24, 2.45) is 0 Å². The second-order valence-electron chi connectivity index (χ2n) is 4.36. The van der Waals surface area contributed by atoms with E-state index in [-0.39, 0.29) is 11.9 Å². The largest absolute Gasteiger partial charge is 0.462 e. The molecule has 110 valence electrons. The number of nitrogens with one attached hydrogen (secondary N) is 1. The van der Waals surface area contributed by atoms with E-state index < -0.39 is 0 Å². The number of carbonyl (C=O) groups is 1. The Morgan fingerprint density at radius 3 is 2.71 bits per heavy atom. The summed E-state index contributed by atoms with van der Waals surface area (Å²) in [5.74, 6) is 0.170. The number of hydrogen-bond acceptors (Lipinski definition) is 7. The molecule has 0 spiro atoms. The van der Waals surface area contributed by atoms with Gasteiger partial charge in [-0.15, -0.1) is 0 Å². The van der Waals surface area contributed by atoms with Crippen molar-refractivity contribution in [3.63, 3.8) is 0 Å². The van der Waals surface area contributed by atoms with Gasteiger partial charge in [-0.1, -0.05) is 13.3 Å². The van der Waals surface area contributed by atoms with Gasteiger partial charge in [-0.3, -0.25) is 0 Å². The molecule has 1 heterocycles. The Hall–Kier alpha value is -2.70. The fraction of sp³-hybridized carbons (Fsp3) is 0.286. The van der Waals surface area contributed by atoms with Gasteiger partial charge in [0.15, 0.2) is 0 Å². The molecule has 7 nitrogen and oxygen atoms in total. The molecule has 0 saturated heterocycles. The topological polar surface area (TPSA) is 103 Å². The van der Waals surface area contributed by atoms with Crippen LogP contribution in [0.1, 0.15) is 30.1 Å². The van der Waals surface area contributed by atoms with E-state index in [0.717, 1.165) is 18.5 Å². The third kappa shape index (κ3) is 4.41. The minimum Gasteiger partial charge on any atom is -0.462 e. The maximum atomic E-state index is 11.7. The van der Waals surface area contributed by atoms with E-state index in [4.69, 9.17) is 10.5 Å². The molecule has 0 fully saturated rings. The summed E-state index contributed by atoms with van der Waals surface area (Å²) in [4.78, 5) is 23.3. The molecule has 0 atom stereocenters. The molecule has 1 aromatic heterocycles. The molecule has 0 amide bonds. The first kappa shape index (κ1) is 14.7. The van der Waals surface area contributed by atoms with E-state index in [1.54, 1.807) is 24.3 Å². The molecule has 0 unspecified atom stereocenters. The van der Waals surface area contributed by atoms with E-state index in [1.165, 1.54) is 6.33 Å². The number of carbonyl (C=O) groups excluding carboxylic acids is 1. The van der Waals surface area contributed by atoms with E-state index in [1.807, 2.05) is 6.92 Å². The Morgan fingerprint density at radius 1 is 1.29 bits per heavy atom. The van der Waals surface area contributed by atoms with E-state index in [2.05, 4.69) is 20.3 Å². The van der Waals surface area contributed by atoms with Crippen molar-refractivity contribution in [2.75, 3.05) is 17.7 Å². The first-order valence-electron chi connectivity index (χ1n) is 6.67. The van der Waals surface area contributed by atoms with Crippen LogP contribution in [0.25, 0.3) is 0 Å². The van der Waals surface area contributed by atoms with Crippen LogP contribution >= 0.6 is 0 Å². The van der Waals surface area contributed by atoms with E-state index in [9.17, 15) is 4.79 Å². The number of hydrogen-bond donors (Lipinski definition) is 2. The molecule has 2 aromatic rings. The normalized spacial score (nSPS) is 10.1. The summed E-state index contributed by atoms with van der Waals surface area (Å²) in [6.07, 6.45) is 3.18. The lowest BCUT2D eigenvalue weighted by Gasteiger charge is -2.06. The number of benzene rings is 1. The molecule has 0 radical (unpaired) electrons. The summed E-state index contributed by atoms with van der Waals surface area (Å²) in [6, 6.07) is 6.86. The zero-order valence-corrected chi connectivity index (χ0v) is 11.7. The van der Waals surface area contributed by atoms with Crippen molar-refractivity contribution in [3.05, 3.63) is 36.2 Å². The highest BCUT2D eigenvalue weighted by Gasteiger charge is 2.07. The smallest absolute Gasteiger partial charge is 0.338 e. The van der Waals surface area contributed by atoms with Crippen LogP contribution in [0.5, 0.6) is 0 Å². The summed E-state index contributed by atoms with van der Waals surface area (Å²) < 4.78 is 5.13. The van der Waals surface area contributed by atoms with Gasteiger partial charge in [-0.2, -0.15) is 4.98 Å². The summed E-state index contributed by atoms with van der Waals surface area (Å²) >= 11 is 0. The highest BCUT2D eigenvalue weighted by Crippen LogP contribution is 2.14. The summed E-state index contributed by atoms with van der Waals surface area (Å²) in [5, 5.41) is 2.97. The maximum absolute atomic E-state index is 11.7. The summed E-state index contributed by atoms with van der Waals surface area (Å²) in [5.41, 5.74) is 6.72. The van der Waals surface area contributed by atoms with Crippen LogP contribution in [0.15, 0.2) is 30.6 Å². The number of unbranched alkanes of at least 4 members (excludes halogenated alkanes) is 1. The van der Waals surface area contributed by atoms with Gasteiger partial charge in [0.25, 0.3) is 0 Å². The monoisotopic (exact) mass is 287 g/mol. The van der Waals surface area contributed by atoms with Crippen molar-refractivity contribution in [1.82, 2.24) is 15.0 Å². The van der Waals surface area contributed by atoms with Crippen LogP contribution in [0.2, 0.25) is 0 Å². The van der Waals surface area contributed by atoms with E-state index in [0.29, 0.717) is 18.1 Å². The zero-order chi connectivity index (χ0) is 15.1. The molecule has 2 rings (SSSR count). The van der Waals surface area contributed by atoms with Crippen LogP contribution in [0.3, 0.4) is 0 Å². The number of esters is 1. The highest BCUT2D eigenvalue weighted by molar-refractivity contribution is 5.89. The average molecular weight is 287 g/mol. The second-order valence-corrected chi connectivity index (χ2v) is 4.36. The number of nitrogens with zero attached hydrogens (tertiary/aromatic N) is 3. The second kappa shape index (κ2) is 7.18. The van der Waals surface area contributed by atoms with Crippen LogP contribution in [-0.4, -0.2) is 27.5 Å². The third-order valence-electron chi connectivity index (χ3n) is 2.70. The Labute approximate surface area is 122 Å². The van der Waals surface area contributed by atoms with Crippen LogP contribution in [-0.2, 0) is 4.74 Å². The summed E-state index contributed by atoms with van der Waals surface area (Å²) in [6.45, 7) is 2.49. The molecular formula is C14H17N5O2. The van der Waals surface area contributed by atoms with Crippen molar-refractivity contribution in [3.8, 4) is 0 Å². The van der Waals surface area contributed by atoms with Gasteiger partial charge in [0.1, 0.15) is 6.33 Å². The SMILES string of the molecule is CCCCOC(=O)c1ccc(Nc2ncnc(N)n2)cc1. The lowest BCUT2D eigenvalue weighted by molar-refractivity contribution is 0.0500. The Kier molecular flexibility index (Phi) is 5.03. The van der Waals surface area contributed by atoms with Gasteiger partial charge in [0.2, 0.25) is 11.9 Å². The first-order chi connectivity index (χ1) is 10.2. The molecule has 0 saturated carbocycles. The number of rotatable bonds is 6. The number of nitrogen functional groups attached to an aromatic ring is 1.